The summed E-state index contributed by atoms with van der Waals surface area (Å²) < 4.78 is 40.2. The first kappa shape index (κ1) is 21.8. The number of hydrogen-bond donors (Lipinski definition) is 4. The van der Waals surface area contributed by atoms with Crippen molar-refractivity contribution in [2.24, 2.45) is 5.73 Å². The quantitative estimate of drug-likeness (QED) is 0.411. The third-order valence-corrected chi connectivity index (χ3v) is 6.42. The molecule has 0 aromatic heterocycles. The van der Waals surface area contributed by atoms with E-state index in [0.29, 0.717) is 22.2 Å². The molecule has 1 fully saturated rings. The minimum atomic E-state index is -4.80. The highest BCUT2D eigenvalue weighted by Gasteiger charge is 2.49. The minimum absolute atomic E-state index is 0.0116. The fourth-order valence-corrected chi connectivity index (χ4v) is 4.64. The summed E-state index contributed by atoms with van der Waals surface area (Å²) in [6, 6.07) is 7.51. The number of nitrogens with two attached hydrogens (primary N) is 1. The molecule has 174 valence electrons. The maximum Gasteiger partial charge on any atom is 0.418 e. The maximum atomic E-state index is 13.4. The molecule has 0 saturated heterocycles. The molecular weight excluding hydrogens is 441 g/mol. The van der Waals surface area contributed by atoms with Gasteiger partial charge in [0.15, 0.2) is 5.66 Å². The Morgan fingerprint density at radius 1 is 1.06 bits per heavy atom. The van der Waals surface area contributed by atoms with Crippen LogP contribution in [0.3, 0.4) is 0 Å². The highest BCUT2D eigenvalue weighted by molar-refractivity contribution is 6.03. The lowest BCUT2D eigenvalue weighted by molar-refractivity contribution is -0.139. The van der Waals surface area contributed by atoms with Gasteiger partial charge in [0.1, 0.15) is 0 Å². The minimum Gasteiger partial charge on any atom is -0.305 e. The van der Waals surface area contributed by atoms with Gasteiger partial charge in [-0.3, -0.25) is 25.3 Å². The first-order chi connectivity index (χ1) is 15.5. The lowest BCUT2D eigenvalue weighted by Crippen LogP contribution is -2.71. The Kier molecular flexibility index (Phi) is 4.80. The van der Waals surface area contributed by atoms with Crippen molar-refractivity contribution in [3.8, 4) is 0 Å². The van der Waals surface area contributed by atoms with Crippen LogP contribution in [0.25, 0.3) is 0 Å². The number of hydrogen-bond acceptors (Lipinski definition) is 6. The van der Waals surface area contributed by atoms with Gasteiger partial charge in [-0.15, -0.1) is 0 Å². The average Bonchev–Trinajstić information content (AvgIpc) is 3.60. The van der Waals surface area contributed by atoms with Crippen LogP contribution in [0.1, 0.15) is 41.0 Å². The van der Waals surface area contributed by atoms with Crippen LogP contribution in [-0.2, 0) is 28.6 Å². The predicted octanol–water partition coefficient (Wildman–Crippen LogP) is 2.45. The van der Waals surface area contributed by atoms with Gasteiger partial charge >= 0.3 is 6.18 Å². The van der Waals surface area contributed by atoms with Crippen molar-refractivity contribution >= 4 is 23.2 Å². The first-order valence-corrected chi connectivity index (χ1v) is 10.4. The van der Waals surface area contributed by atoms with E-state index in [1.165, 1.54) is 6.07 Å². The molecule has 3 aliphatic rings. The number of benzene rings is 2. The van der Waals surface area contributed by atoms with Crippen LogP contribution in [0.4, 0.5) is 24.5 Å². The largest absolute Gasteiger partial charge is 0.418 e. The zero-order chi connectivity index (χ0) is 23.7. The van der Waals surface area contributed by atoms with Gasteiger partial charge in [-0.2, -0.15) is 23.3 Å². The molecule has 33 heavy (non-hydrogen) atoms. The smallest absolute Gasteiger partial charge is 0.305 e. The molecule has 2 atom stereocenters. The number of halogens is 3. The number of carbonyl (C=O) groups is 2. The van der Waals surface area contributed by atoms with E-state index in [1.54, 1.807) is 6.07 Å². The Morgan fingerprint density at radius 2 is 1.79 bits per heavy atom. The Labute approximate surface area is 186 Å². The van der Waals surface area contributed by atoms with Crippen molar-refractivity contribution in [3.05, 3.63) is 58.7 Å². The van der Waals surface area contributed by atoms with Crippen LogP contribution in [0, 0.1) is 0 Å². The van der Waals surface area contributed by atoms with Crippen LogP contribution in [0.15, 0.2) is 36.4 Å². The topological polar surface area (TPSA) is 119 Å². The summed E-state index contributed by atoms with van der Waals surface area (Å²) in [4.78, 5) is 25.7. The van der Waals surface area contributed by atoms with Crippen LogP contribution < -0.4 is 21.2 Å². The average molecular weight is 462 g/mol. The second kappa shape index (κ2) is 7.26. The zero-order valence-electron chi connectivity index (χ0n) is 17.3. The maximum absolute atomic E-state index is 13.4. The van der Waals surface area contributed by atoms with Crippen molar-refractivity contribution < 1.29 is 33.2 Å². The van der Waals surface area contributed by atoms with Crippen molar-refractivity contribution in [1.29, 1.82) is 0 Å². The van der Waals surface area contributed by atoms with Crippen molar-refractivity contribution in [2.45, 2.75) is 49.5 Å². The van der Waals surface area contributed by atoms with E-state index < -0.39 is 47.4 Å². The third-order valence-electron chi connectivity index (χ3n) is 6.42. The number of anilines is 2. The molecule has 2 aromatic carbocycles. The van der Waals surface area contributed by atoms with Crippen molar-refractivity contribution in [2.75, 3.05) is 10.1 Å². The Balaban J connectivity index is 1.46. The molecule has 5 N–H and O–H groups in total. The SMILES string of the molecule is NC1(N[C@H]2Cc3cc(C4CC4)ccc3N(O)C2=O)Cc2cccc(C(F)(F)F)c2N(O)C1=O. The van der Waals surface area contributed by atoms with Crippen LogP contribution in [0.5, 0.6) is 0 Å². The number of carbonyl (C=O) groups excluding carboxylic acids is 2. The van der Waals surface area contributed by atoms with Gasteiger partial charge < -0.3 is 5.73 Å². The summed E-state index contributed by atoms with van der Waals surface area (Å²) in [5.74, 6) is -1.56. The second-order valence-electron chi connectivity index (χ2n) is 8.79. The molecule has 2 aliphatic heterocycles. The molecule has 0 radical (unpaired) electrons. The van der Waals surface area contributed by atoms with Crippen molar-refractivity contribution in [3.63, 3.8) is 0 Å². The van der Waals surface area contributed by atoms with E-state index in [1.807, 2.05) is 12.1 Å². The van der Waals surface area contributed by atoms with Gasteiger partial charge in [-0.05, 0) is 54.0 Å². The highest BCUT2D eigenvalue weighted by atomic mass is 19.4. The number of alkyl halides is 3. The lowest BCUT2D eigenvalue weighted by Gasteiger charge is -2.41. The highest BCUT2D eigenvalue weighted by Crippen LogP contribution is 2.43. The molecule has 8 nitrogen and oxygen atoms in total. The summed E-state index contributed by atoms with van der Waals surface area (Å²) in [5.41, 5.74) is 4.36. The van der Waals surface area contributed by atoms with Crippen LogP contribution in [0.2, 0.25) is 0 Å². The van der Waals surface area contributed by atoms with E-state index in [9.17, 15) is 33.2 Å². The number of nitrogens with zero attached hydrogens (tertiary/aromatic N) is 2. The molecule has 1 unspecified atom stereocenters. The number of rotatable bonds is 3. The van der Waals surface area contributed by atoms with Gasteiger partial charge in [0.05, 0.1) is 23.0 Å². The van der Waals surface area contributed by atoms with E-state index >= 15 is 0 Å². The van der Waals surface area contributed by atoms with E-state index in [2.05, 4.69) is 5.32 Å². The fraction of sp³-hybridized carbons (Fsp3) is 0.364. The summed E-state index contributed by atoms with van der Waals surface area (Å²) >= 11 is 0. The molecule has 5 rings (SSSR count). The van der Waals surface area contributed by atoms with Crippen LogP contribution >= 0.6 is 0 Å². The third kappa shape index (κ3) is 3.57. The molecule has 2 heterocycles. The fourth-order valence-electron chi connectivity index (χ4n) is 4.64. The molecule has 11 heteroatoms. The summed E-state index contributed by atoms with van der Waals surface area (Å²) in [6.07, 6.45) is -2.96. The Morgan fingerprint density at radius 3 is 2.45 bits per heavy atom. The van der Waals surface area contributed by atoms with E-state index in [0.717, 1.165) is 30.5 Å². The van der Waals surface area contributed by atoms with Crippen molar-refractivity contribution in [1.82, 2.24) is 5.32 Å². The van der Waals surface area contributed by atoms with Gasteiger partial charge in [0.25, 0.3) is 11.8 Å². The summed E-state index contributed by atoms with van der Waals surface area (Å²) in [6.45, 7) is 0. The first-order valence-electron chi connectivity index (χ1n) is 10.4. The number of fused-ring (bicyclic) bond motifs is 2. The molecule has 1 saturated carbocycles. The Bertz CT molecular complexity index is 1170. The molecule has 0 spiro atoms. The normalized spacial score (nSPS) is 25.2. The van der Waals surface area contributed by atoms with Gasteiger partial charge in [-0.1, -0.05) is 24.3 Å². The number of nitrogens with one attached hydrogen (secondary N) is 1. The Hall–Kier alpha value is -2.99. The van der Waals surface area contributed by atoms with E-state index in [4.69, 9.17) is 5.73 Å². The van der Waals surface area contributed by atoms with Crippen LogP contribution in [-0.4, -0.2) is 33.9 Å². The van der Waals surface area contributed by atoms with Gasteiger partial charge in [0, 0.05) is 6.42 Å². The van der Waals surface area contributed by atoms with Gasteiger partial charge in [-0.25, -0.2) is 0 Å². The number of hydroxylamine groups is 2. The molecular formula is C22H21F3N4O4. The standard InChI is InChI=1S/C22H21F3N4O4/c23-22(24,25)15-3-1-2-13-10-21(26,20(31)29(33)18(13)15)27-16-9-14-8-12(11-4-5-11)6-7-17(14)28(32)19(16)30/h1-3,6-8,11,16,27,32-33H,4-5,9-10,26H2/t16-,21?/m0/s1. The lowest BCUT2D eigenvalue weighted by atomic mass is 9.88. The van der Waals surface area contributed by atoms with Gasteiger partial charge in [0.2, 0.25) is 0 Å². The predicted molar refractivity (Wildman–Crippen MR) is 110 cm³/mol. The van der Waals surface area contributed by atoms with E-state index in [-0.39, 0.29) is 17.0 Å². The second-order valence-corrected chi connectivity index (χ2v) is 8.79. The molecule has 1 aliphatic carbocycles. The summed E-state index contributed by atoms with van der Waals surface area (Å²) in [5, 5.41) is 23.8. The number of amides is 2. The molecule has 2 aromatic rings. The molecule has 2 amide bonds. The monoisotopic (exact) mass is 462 g/mol. The number of para-hydroxylation sites is 1. The molecule has 0 bridgehead atoms. The zero-order valence-corrected chi connectivity index (χ0v) is 17.3. The summed E-state index contributed by atoms with van der Waals surface area (Å²) in [7, 11) is 0.